The maximum Gasteiger partial charge on any atom is 0.0944 e. The van der Waals surface area contributed by atoms with Gasteiger partial charge in [-0.05, 0) is 39.8 Å². The molecule has 0 saturated carbocycles. The number of hydrogen-bond donors (Lipinski definition) is 1. The van der Waals surface area contributed by atoms with Crippen molar-refractivity contribution < 1.29 is 0 Å². The van der Waals surface area contributed by atoms with Gasteiger partial charge in [-0.3, -0.25) is 0 Å². The van der Waals surface area contributed by atoms with Crippen LogP contribution in [0.2, 0.25) is 0 Å². The van der Waals surface area contributed by atoms with Crippen LogP contribution in [0, 0.1) is 0 Å². The molecule has 0 aliphatic carbocycles. The molecule has 1 N–H and O–H groups in total. The van der Waals surface area contributed by atoms with Gasteiger partial charge in [0, 0.05) is 29.9 Å². The van der Waals surface area contributed by atoms with Crippen LogP contribution in [0.5, 0.6) is 0 Å². The zero-order valence-corrected chi connectivity index (χ0v) is 15.7. The molecule has 0 aliphatic rings. The number of likely N-dealkylation sites (N-methyl/N-ethyl adjacent to an activating group) is 1. The molecule has 0 bridgehead atoms. The number of hydrogen-bond acceptors (Lipinski definition) is 4. The molecule has 0 aromatic carbocycles. The zero-order valence-electron chi connectivity index (χ0n) is 14.9. The maximum atomic E-state index is 4.90. The Hall–Kier alpha value is -0.450. The molecule has 0 aliphatic heterocycles. The van der Waals surface area contributed by atoms with Crippen LogP contribution >= 0.6 is 11.3 Å². The Bertz CT molecular complexity index is 414. The summed E-state index contributed by atoms with van der Waals surface area (Å²) >= 11 is 1.89. The van der Waals surface area contributed by atoms with Gasteiger partial charge in [0.1, 0.15) is 0 Å². The number of thiazole rings is 1. The summed E-state index contributed by atoms with van der Waals surface area (Å²) in [5.41, 5.74) is 1.44. The lowest BCUT2D eigenvalue weighted by Crippen LogP contribution is -2.35. The van der Waals surface area contributed by atoms with Crippen LogP contribution in [-0.2, 0) is 13.0 Å². The SMILES string of the molecule is CCN(CC)CCc1nc(C(C)C)c(CNC(C)(C)C)s1. The van der Waals surface area contributed by atoms with Crippen molar-refractivity contribution in [2.45, 2.75) is 72.9 Å². The monoisotopic (exact) mass is 311 g/mol. The molecule has 0 radical (unpaired) electrons. The summed E-state index contributed by atoms with van der Waals surface area (Å²) in [7, 11) is 0. The molecule has 0 fully saturated rings. The van der Waals surface area contributed by atoms with Crippen LogP contribution in [-0.4, -0.2) is 35.1 Å². The van der Waals surface area contributed by atoms with E-state index >= 15 is 0 Å². The minimum atomic E-state index is 0.152. The van der Waals surface area contributed by atoms with Crippen LogP contribution in [0.25, 0.3) is 0 Å². The van der Waals surface area contributed by atoms with Gasteiger partial charge in [-0.1, -0.05) is 27.7 Å². The van der Waals surface area contributed by atoms with Crippen molar-refractivity contribution in [3.05, 3.63) is 15.6 Å². The molecule has 122 valence electrons. The lowest BCUT2D eigenvalue weighted by molar-refractivity contribution is 0.308. The highest BCUT2D eigenvalue weighted by atomic mass is 32.1. The minimum Gasteiger partial charge on any atom is -0.307 e. The molecule has 0 spiro atoms. The van der Waals surface area contributed by atoms with Crippen molar-refractivity contribution in [2.24, 2.45) is 0 Å². The molecule has 3 nitrogen and oxygen atoms in total. The minimum absolute atomic E-state index is 0.152. The molecule has 0 atom stereocenters. The van der Waals surface area contributed by atoms with E-state index in [0.29, 0.717) is 5.92 Å². The second-order valence-electron chi connectivity index (χ2n) is 6.95. The molecule has 1 aromatic heterocycles. The van der Waals surface area contributed by atoms with Crippen LogP contribution in [0.3, 0.4) is 0 Å². The average Bonchev–Trinajstić information content (AvgIpc) is 2.80. The van der Waals surface area contributed by atoms with Gasteiger partial charge in [-0.15, -0.1) is 11.3 Å². The first-order chi connectivity index (χ1) is 9.76. The largest absolute Gasteiger partial charge is 0.307 e. The van der Waals surface area contributed by atoms with Crippen molar-refractivity contribution in [2.75, 3.05) is 19.6 Å². The van der Waals surface area contributed by atoms with Crippen molar-refractivity contribution in [1.82, 2.24) is 15.2 Å². The van der Waals surface area contributed by atoms with Gasteiger partial charge in [0.05, 0.1) is 10.7 Å². The zero-order chi connectivity index (χ0) is 16.0. The van der Waals surface area contributed by atoms with E-state index in [-0.39, 0.29) is 5.54 Å². The van der Waals surface area contributed by atoms with E-state index in [0.717, 1.165) is 32.6 Å². The van der Waals surface area contributed by atoms with Crippen LogP contribution < -0.4 is 5.32 Å². The molecule has 1 heterocycles. The average molecular weight is 312 g/mol. The summed E-state index contributed by atoms with van der Waals surface area (Å²) < 4.78 is 0. The van der Waals surface area contributed by atoms with E-state index in [1.165, 1.54) is 15.6 Å². The Morgan fingerprint density at radius 2 is 1.81 bits per heavy atom. The van der Waals surface area contributed by atoms with Crippen LogP contribution in [0.4, 0.5) is 0 Å². The summed E-state index contributed by atoms with van der Waals surface area (Å²) in [5.74, 6) is 0.500. The van der Waals surface area contributed by atoms with Gasteiger partial charge < -0.3 is 10.2 Å². The molecule has 0 saturated heterocycles. The van der Waals surface area contributed by atoms with Gasteiger partial charge in [0.15, 0.2) is 0 Å². The Morgan fingerprint density at radius 1 is 1.19 bits per heavy atom. The van der Waals surface area contributed by atoms with Gasteiger partial charge in [0.25, 0.3) is 0 Å². The first kappa shape index (κ1) is 18.6. The van der Waals surface area contributed by atoms with E-state index in [2.05, 4.69) is 58.7 Å². The fraction of sp³-hybridized carbons (Fsp3) is 0.824. The van der Waals surface area contributed by atoms with Gasteiger partial charge in [-0.2, -0.15) is 0 Å². The normalized spacial score (nSPS) is 12.6. The van der Waals surface area contributed by atoms with Gasteiger partial charge in [0.2, 0.25) is 0 Å². The lowest BCUT2D eigenvalue weighted by Gasteiger charge is -2.20. The van der Waals surface area contributed by atoms with Crippen molar-refractivity contribution in [3.63, 3.8) is 0 Å². The first-order valence-corrected chi connectivity index (χ1v) is 9.04. The van der Waals surface area contributed by atoms with E-state index in [4.69, 9.17) is 4.98 Å². The molecule has 1 rings (SSSR count). The van der Waals surface area contributed by atoms with E-state index < -0.39 is 0 Å². The molecular weight excluding hydrogens is 278 g/mol. The quantitative estimate of drug-likeness (QED) is 0.785. The second kappa shape index (κ2) is 8.25. The third-order valence-corrected chi connectivity index (χ3v) is 4.77. The van der Waals surface area contributed by atoms with Crippen LogP contribution in [0.15, 0.2) is 0 Å². The third-order valence-electron chi connectivity index (χ3n) is 3.63. The molecule has 1 aromatic rings. The second-order valence-corrected chi connectivity index (χ2v) is 8.12. The molecule has 4 heteroatoms. The molecule has 0 amide bonds. The Kier molecular flexibility index (Phi) is 7.31. The first-order valence-electron chi connectivity index (χ1n) is 8.22. The van der Waals surface area contributed by atoms with Gasteiger partial charge in [-0.25, -0.2) is 4.98 Å². The predicted octanol–water partition coefficient (Wildman–Crippen LogP) is 4.04. The van der Waals surface area contributed by atoms with E-state index in [1.807, 2.05) is 11.3 Å². The lowest BCUT2D eigenvalue weighted by atomic mass is 10.1. The highest BCUT2D eigenvalue weighted by molar-refractivity contribution is 7.11. The van der Waals surface area contributed by atoms with Crippen molar-refractivity contribution in [1.29, 1.82) is 0 Å². The van der Waals surface area contributed by atoms with Crippen molar-refractivity contribution in [3.8, 4) is 0 Å². The van der Waals surface area contributed by atoms with Gasteiger partial charge >= 0.3 is 0 Å². The summed E-state index contributed by atoms with van der Waals surface area (Å²) in [6.45, 7) is 19.9. The predicted molar refractivity (Wildman–Crippen MR) is 94.3 cm³/mol. The molecule has 21 heavy (non-hydrogen) atoms. The Balaban J connectivity index is 2.74. The Labute approximate surface area is 135 Å². The van der Waals surface area contributed by atoms with E-state index in [9.17, 15) is 0 Å². The molecular formula is C17H33N3S. The topological polar surface area (TPSA) is 28.2 Å². The number of rotatable bonds is 8. The highest BCUT2D eigenvalue weighted by Gasteiger charge is 2.17. The summed E-state index contributed by atoms with van der Waals surface area (Å²) in [5, 5.41) is 4.88. The Morgan fingerprint density at radius 3 is 2.29 bits per heavy atom. The van der Waals surface area contributed by atoms with E-state index in [1.54, 1.807) is 0 Å². The third kappa shape index (κ3) is 6.45. The summed E-state index contributed by atoms with van der Waals surface area (Å²) in [6.07, 6.45) is 1.07. The standard InChI is InChI=1S/C17H33N3S/c1-8-20(9-2)11-10-15-19-16(13(3)4)14(21-15)12-18-17(5,6)7/h13,18H,8-12H2,1-7H3. The van der Waals surface area contributed by atoms with Crippen molar-refractivity contribution >= 4 is 11.3 Å². The fourth-order valence-corrected chi connectivity index (χ4v) is 3.39. The van der Waals surface area contributed by atoms with Crippen LogP contribution in [0.1, 0.15) is 70.0 Å². The smallest absolute Gasteiger partial charge is 0.0944 e. The number of nitrogens with zero attached hydrogens (tertiary/aromatic N) is 2. The fourth-order valence-electron chi connectivity index (χ4n) is 2.24. The number of aromatic nitrogens is 1. The maximum absolute atomic E-state index is 4.90. The number of nitrogens with one attached hydrogen (secondary N) is 1. The highest BCUT2D eigenvalue weighted by Crippen LogP contribution is 2.26. The molecule has 0 unspecified atom stereocenters. The summed E-state index contributed by atoms with van der Waals surface area (Å²) in [6, 6.07) is 0. The summed E-state index contributed by atoms with van der Waals surface area (Å²) in [4.78, 5) is 8.78.